The summed E-state index contributed by atoms with van der Waals surface area (Å²) in [5, 5.41) is 0. The zero-order valence-electron chi connectivity index (χ0n) is 14.0. The molecular formula is C22H22O. The molecule has 1 atom stereocenters. The molecule has 116 valence electrons. The van der Waals surface area contributed by atoms with Crippen molar-refractivity contribution in [1.82, 2.24) is 0 Å². The zero-order chi connectivity index (χ0) is 16.0. The Morgan fingerprint density at radius 3 is 2.52 bits per heavy atom. The molecule has 0 amide bonds. The van der Waals surface area contributed by atoms with Crippen LogP contribution < -0.4 is 4.74 Å². The minimum Gasteiger partial charge on any atom is -0.496 e. The summed E-state index contributed by atoms with van der Waals surface area (Å²) in [6, 6.07) is 15.2. The Bertz CT molecular complexity index is 824. The molecule has 0 aromatic heterocycles. The van der Waals surface area contributed by atoms with Gasteiger partial charge in [-0.3, -0.25) is 0 Å². The van der Waals surface area contributed by atoms with E-state index in [0.29, 0.717) is 11.8 Å². The summed E-state index contributed by atoms with van der Waals surface area (Å²) in [4.78, 5) is 0. The molecule has 0 bridgehead atoms. The molecule has 4 rings (SSSR count). The fourth-order valence-electron chi connectivity index (χ4n) is 4.13. The predicted molar refractivity (Wildman–Crippen MR) is 95.9 cm³/mol. The maximum Gasteiger partial charge on any atom is 0.127 e. The summed E-state index contributed by atoms with van der Waals surface area (Å²) in [6.07, 6.45) is 5.85. The summed E-state index contributed by atoms with van der Waals surface area (Å²) in [6.45, 7) is 4.58. The van der Waals surface area contributed by atoms with Crippen LogP contribution >= 0.6 is 0 Å². The summed E-state index contributed by atoms with van der Waals surface area (Å²) < 4.78 is 5.67. The van der Waals surface area contributed by atoms with Crippen molar-refractivity contribution < 1.29 is 4.74 Å². The van der Waals surface area contributed by atoms with Gasteiger partial charge in [-0.05, 0) is 46.2 Å². The first kappa shape index (κ1) is 14.3. The molecule has 0 saturated carbocycles. The second kappa shape index (κ2) is 5.42. The predicted octanol–water partition coefficient (Wildman–Crippen LogP) is 5.72. The van der Waals surface area contributed by atoms with Crippen molar-refractivity contribution in [3.8, 4) is 16.9 Å². The normalized spacial score (nSPS) is 18.5. The molecule has 2 aliphatic carbocycles. The highest BCUT2D eigenvalue weighted by Gasteiger charge is 2.35. The molecule has 2 aromatic carbocycles. The van der Waals surface area contributed by atoms with Crippen LogP contribution in [0, 0.1) is 5.92 Å². The Hall–Kier alpha value is -2.28. The molecular weight excluding hydrogens is 280 g/mol. The van der Waals surface area contributed by atoms with E-state index in [4.69, 9.17) is 4.74 Å². The van der Waals surface area contributed by atoms with E-state index < -0.39 is 0 Å². The third kappa shape index (κ3) is 2.07. The van der Waals surface area contributed by atoms with E-state index in [9.17, 15) is 0 Å². The fraction of sp³-hybridized carbons (Fsp3) is 0.273. The number of fused-ring (bicyclic) bond motifs is 3. The largest absolute Gasteiger partial charge is 0.496 e. The van der Waals surface area contributed by atoms with Crippen molar-refractivity contribution in [3.63, 3.8) is 0 Å². The van der Waals surface area contributed by atoms with Gasteiger partial charge in [0, 0.05) is 11.5 Å². The molecule has 1 nitrogen and oxygen atoms in total. The van der Waals surface area contributed by atoms with Crippen LogP contribution in [0.15, 0.2) is 65.8 Å². The smallest absolute Gasteiger partial charge is 0.127 e. The van der Waals surface area contributed by atoms with Gasteiger partial charge in [0.05, 0.1) is 7.11 Å². The van der Waals surface area contributed by atoms with Crippen molar-refractivity contribution in [3.05, 3.63) is 76.9 Å². The number of rotatable bonds is 3. The van der Waals surface area contributed by atoms with Gasteiger partial charge in [-0.25, -0.2) is 0 Å². The van der Waals surface area contributed by atoms with Crippen LogP contribution in [0.2, 0.25) is 0 Å². The minimum atomic E-state index is 0.340. The second-order valence-corrected chi connectivity index (χ2v) is 6.65. The Balaban J connectivity index is 1.95. The highest BCUT2D eigenvalue weighted by molar-refractivity contribution is 5.85. The monoisotopic (exact) mass is 302 g/mol. The van der Waals surface area contributed by atoms with Crippen LogP contribution in [0.5, 0.6) is 5.75 Å². The Labute approximate surface area is 138 Å². The lowest BCUT2D eigenvalue weighted by atomic mass is 9.83. The lowest BCUT2D eigenvalue weighted by Gasteiger charge is -2.21. The molecule has 0 fully saturated rings. The van der Waals surface area contributed by atoms with Gasteiger partial charge in [0.15, 0.2) is 0 Å². The van der Waals surface area contributed by atoms with Gasteiger partial charge in [0.1, 0.15) is 5.75 Å². The van der Waals surface area contributed by atoms with Crippen molar-refractivity contribution in [1.29, 1.82) is 0 Å². The molecule has 0 heterocycles. The fourth-order valence-corrected chi connectivity index (χ4v) is 4.13. The average Bonchev–Trinajstić information content (AvgIpc) is 3.16. The molecule has 0 N–H and O–H groups in total. The molecule has 1 heteroatoms. The first-order chi connectivity index (χ1) is 11.2. The molecule has 1 unspecified atom stereocenters. The number of hydrogen-bond acceptors (Lipinski definition) is 1. The number of hydrogen-bond donors (Lipinski definition) is 0. The number of benzene rings is 2. The van der Waals surface area contributed by atoms with E-state index in [-0.39, 0.29) is 0 Å². The van der Waals surface area contributed by atoms with Crippen molar-refractivity contribution in [2.24, 2.45) is 5.92 Å². The summed E-state index contributed by atoms with van der Waals surface area (Å²) in [5.74, 6) is 1.88. The Kier molecular flexibility index (Phi) is 3.37. The van der Waals surface area contributed by atoms with Gasteiger partial charge in [0.2, 0.25) is 0 Å². The Morgan fingerprint density at radius 2 is 1.74 bits per heavy atom. The third-order valence-corrected chi connectivity index (χ3v) is 5.07. The third-order valence-electron chi connectivity index (χ3n) is 5.07. The number of allylic oxidation sites excluding steroid dienone is 4. The molecule has 23 heavy (non-hydrogen) atoms. The first-order valence-electron chi connectivity index (χ1n) is 8.39. The molecule has 0 aliphatic heterocycles. The summed E-state index contributed by atoms with van der Waals surface area (Å²) in [5.41, 5.74) is 8.37. The van der Waals surface area contributed by atoms with E-state index in [2.05, 4.69) is 68.5 Å². The van der Waals surface area contributed by atoms with Crippen molar-refractivity contribution >= 4 is 0 Å². The van der Waals surface area contributed by atoms with E-state index in [1.807, 2.05) is 0 Å². The zero-order valence-corrected chi connectivity index (χ0v) is 14.0. The van der Waals surface area contributed by atoms with Crippen LogP contribution in [-0.4, -0.2) is 7.11 Å². The van der Waals surface area contributed by atoms with Gasteiger partial charge in [0.25, 0.3) is 0 Å². The minimum absolute atomic E-state index is 0.340. The molecule has 2 aromatic rings. The van der Waals surface area contributed by atoms with Crippen molar-refractivity contribution in [2.45, 2.75) is 26.2 Å². The van der Waals surface area contributed by atoms with Crippen LogP contribution in [0.25, 0.3) is 11.1 Å². The quantitative estimate of drug-likeness (QED) is 0.704. The van der Waals surface area contributed by atoms with Crippen LogP contribution in [0.3, 0.4) is 0 Å². The second-order valence-electron chi connectivity index (χ2n) is 6.65. The lowest BCUT2D eigenvalue weighted by Crippen LogP contribution is -2.06. The maximum absolute atomic E-state index is 5.67. The maximum atomic E-state index is 5.67. The molecule has 0 spiro atoms. The topological polar surface area (TPSA) is 9.23 Å². The van der Waals surface area contributed by atoms with Gasteiger partial charge in [-0.1, -0.05) is 62.4 Å². The average molecular weight is 302 g/mol. The highest BCUT2D eigenvalue weighted by atomic mass is 16.5. The standard InChI is InChI=1S/C22H22O/c1-14(2)15-10-6-11-16(15)21-17-8-4-5-9-18(17)22-19(21)12-7-13-20(22)23-3/h4-5,7-14,21H,6H2,1-3H3. The van der Waals surface area contributed by atoms with Crippen LogP contribution in [0.1, 0.15) is 37.3 Å². The first-order valence-corrected chi connectivity index (χ1v) is 8.39. The Morgan fingerprint density at radius 1 is 0.957 bits per heavy atom. The molecule has 2 aliphatic rings. The molecule has 0 saturated heterocycles. The van der Waals surface area contributed by atoms with E-state index >= 15 is 0 Å². The van der Waals surface area contributed by atoms with E-state index in [0.717, 1.165) is 12.2 Å². The van der Waals surface area contributed by atoms with Crippen LogP contribution in [0.4, 0.5) is 0 Å². The lowest BCUT2D eigenvalue weighted by molar-refractivity contribution is 0.416. The highest BCUT2D eigenvalue weighted by Crippen LogP contribution is 2.54. The summed E-state index contributed by atoms with van der Waals surface area (Å²) in [7, 11) is 1.76. The summed E-state index contributed by atoms with van der Waals surface area (Å²) >= 11 is 0. The number of ether oxygens (including phenoxy) is 1. The van der Waals surface area contributed by atoms with Gasteiger partial charge >= 0.3 is 0 Å². The van der Waals surface area contributed by atoms with Gasteiger partial charge in [-0.2, -0.15) is 0 Å². The number of methoxy groups -OCH3 is 1. The van der Waals surface area contributed by atoms with Gasteiger partial charge in [-0.15, -0.1) is 0 Å². The van der Waals surface area contributed by atoms with E-state index in [1.165, 1.54) is 33.4 Å². The molecule has 0 radical (unpaired) electrons. The SMILES string of the molecule is COc1cccc2c1-c1ccccc1C2C1=CCC=C1C(C)C. The van der Waals surface area contributed by atoms with Crippen LogP contribution in [-0.2, 0) is 0 Å². The van der Waals surface area contributed by atoms with Gasteiger partial charge < -0.3 is 4.74 Å². The van der Waals surface area contributed by atoms with Crippen molar-refractivity contribution in [2.75, 3.05) is 7.11 Å². The van der Waals surface area contributed by atoms with E-state index in [1.54, 1.807) is 7.11 Å².